The number of hydrogen-bond acceptors (Lipinski definition) is 2. The average molecular weight is 250 g/mol. The van der Waals surface area contributed by atoms with E-state index in [0.717, 1.165) is 38.0 Å². The minimum absolute atomic E-state index is 0.0825. The molecule has 2 heterocycles. The predicted molar refractivity (Wildman–Crippen MR) is 70.4 cm³/mol. The number of likely N-dealkylation sites (tertiary alicyclic amines) is 1. The molecule has 0 atom stereocenters. The number of aromatic nitrogens is 2. The van der Waals surface area contributed by atoms with Crippen LogP contribution in [0.1, 0.15) is 31.4 Å². The molecule has 1 aromatic heterocycles. The molecule has 18 heavy (non-hydrogen) atoms. The van der Waals surface area contributed by atoms with Crippen LogP contribution >= 0.6 is 0 Å². The fourth-order valence-electron chi connectivity index (χ4n) is 2.33. The molecule has 0 spiro atoms. The molecule has 1 aliphatic rings. The molecule has 5 nitrogen and oxygen atoms in total. The summed E-state index contributed by atoms with van der Waals surface area (Å²) in [6.07, 6.45) is 7.38. The first-order chi connectivity index (χ1) is 8.77. The summed E-state index contributed by atoms with van der Waals surface area (Å²) in [5, 5.41) is 7.10. The Hall–Kier alpha value is -1.52. The van der Waals surface area contributed by atoms with Crippen LogP contribution in [0, 0.1) is 0 Å². The van der Waals surface area contributed by atoms with Gasteiger partial charge in [0.25, 0.3) is 0 Å². The lowest BCUT2D eigenvalue weighted by atomic mass is 10.2. The fraction of sp³-hybridized carbons (Fsp3) is 0.692. The van der Waals surface area contributed by atoms with Crippen molar-refractivity contribution in [3.8, 4) is 0 Å². The van der Waals surface area contributed by atoms with Gasteiger partial charge in [0.2, 0.25) is 0 Å². The zero-order chi connectivity index (χ0) is 12.8. The summed E-state index contributed by atoms with van der Waals surface area (Å²) in [6.45, 7) is 2.48. The van der Waals surface area contributed by atoms with Crippen LogP contribution in [0.4, 0.5) is 4.79 Å². The highest BCUT2D eigenvalue weighted by atomic mass is 16.2. The van der Waals surface area contributed by atoms with E-state index in [1.807, 2.05) is 22.7 Å². The van der Waals surface area contributed by atoms with E-state index in [9.17, 15) is 4.79 Å². The third-order valence-electron chi connectivity index (χ3n) is 3.47. The van der Waals surface area contributed by atoms with Crippen molar-refractivity contribution in [1.29, 1.82) is 0 Å². The zero-order valence-electron chi connectivity index (χ0n) is 11.1. The smallest absolute Gasteiger partial charge is 0.317 e. The molecule has 100 valence electrons. The number of carbonyl (C=O) groups excluding carboxylic acids is 1. The summed E-state index contributed by atoms with van der Waals surface area (Å²) in [5.74, 6) is 0. The van der Waals surface area contributed by atoms with Crippen LogP contribution in [-0.2, 0) is 13.5 Å². The van der Waals surface area contributed by atoms with E-state index in [1.54, 1.807) is 6.20 Å². The van der Waals surface area contributed by atoms with Crippen molar-refractivity contribution < 1.29 is 4.79 Å². The Morgan fingerprint density at radius 2 is 2.06 bits per heavy atom. The van der Waals surface area contributed by atoms with E-state index in [-0.39, 0.29) is 6.03 Å². The first kappa shape index (κ1) is 12.9. The number of carbonyl (C=O) groups is 1. The van der Waals surface area contributed by atoms with Crippen molar-refractivity contribution in [2.45, 2.75) is 32.1 Å². The van der Waals surface area contributed by atoms with Gasteiger partial charge in [0, 0.05) is 45.0 Å². The number of rotatable bonds is 3. The second-order valence-corrected chi connectivity index (χ2v) is 4.83. The summed E-state index contributed by atoms with van der Waals surface area (Å²) in [7, 11) is 1.92. The minimum atomic E-state index is 0.0825. The van der Waals surface area contributed by atoms with Crippen molar-refractivity contribution in [1.82, 2.24) is 20.0 Å². The van der Waals surface area contributed by atoms with Crippen molar-refractivity contribution in [3.05, 3.63) is 18.0 Å². The number of amides is 2. The van der Waals surface area contributed by atoms with Gasteiger partial charge in [0.05, 0.1) is 0 Å². The maximum atomic E-state index is 12.0. The van der Waals surface area contributed by atoms with Crippen LogP contribution in [-0.4, -0.2) is 40.3 Å². The van der Waals surface area contributed by atoms with E-state index in [4.69, 9.17) is 0 Å². The van der Waals surface area contributed by atoms with Gasteiger partial charge in [-0.15, -0.1) is 0 Å². The third kappa shape index (κ3) is 3.48. The van der Waals surface area contributed by atoms with Crippen LogP contribution < -0.4 is 5.32 Å². The topological polar surface area (TPSA) is 50.2 Å². The minimum Gasteiger partial charge on any atom is -0.338 e. The maximum Gasteiger partial charge on any atom is 0.317 e. The molecule has 5 heteroatoms. The van der Waals surface area contributed by atoms with Gasteiger partial charge in [-0.25, -0.2) is 4.79 Å². The van der Waals surface area contributed by atoms with E-state index >= 15 is 0 Å². The molecule has 0 aliphatic carbocycles. The van der Waals surface area contributed by atoms with Gasteiger partial charge in [-0.05, 0) is 18.9 Å². The summed E-state index contributed by atoms with van der Waals surface area (Å²) < 4.78 is 1.85. The first-order valence-electron chi connectivity index (χ1n) is 6.77. The van der Waals surface area contributed by atoms with Gasteiger partial charge in [-0.1, -0.05) is 12.8 Å². The highest BCUT2D eigenvalue weighted by Crippen LogP contribution is 2.09. The Kier molecular flexibility index (Phi) is 4.61. The Morgan fingerprint density at radius 3 is 2.67 bits per heavy atom. The third-order valence-corrected chi connectivity index (χ3v) is 3.47. The maximum absolute atomic E-state index is 12.0. The Morgan fingerprint density at radius 1 is 1.33 bits per heavy atom. The predicted octanol–water partition coefficient (Wildman–Crippen LogP) is 1.55. The molecular weight excluding hydrogens is 228 g/mol. The van der Waals surface area contributed by atoms with Crippen LogP contribution in [0.2, 0.25) is 0 Å². The van der Waals surface area contributed by atoms with Gasteiger partial charge in [0.1, 0.15) is 0 Å². The van der Waals surface area contributed by atoms with E-state index in [0.29, 0.717) is 6.54 Å². The summed E-state index contributed by atoms with van der Waals surface area (Å²) in [4.78, 5) is 13.9. The zero-order valence-corrected chi connectivity index (χ0v) is 11.1. The van der Waals surface area contributed by atoms with Gasteiger partial charge in [-0.2, -0.15) is 5.10 Å². The summed E-state index contributed by atoms with van der Waals surface area (Å²) in [6, 6.07) is 2.07. The Bertz CT molecular complexity index is 380. The summed E-state index contributed by atoms with van der Waals surface area (Å²) in [5.41, 5.74) is 1.14. The SMILES string of the molecule is Cn1nccc1CCNC(=O)N1CCCCCC1. The summed E-state index contributed by atoms with van der Waals surface area (Å²) >= 11 is 0. The normalized spacial score (nSPS) is 16.4. The largest absolute Gasteiger partial charge is 0.338 e. The molecule has 1 fully saturated rings. The molecule has 1 aliphatic heterocycles. The van der Waals surface area contributed by atoms with Crippen molar-refractivity contribution in [2.75, 3.05) is 19.6 Å². The van der Waals surface area contributed by atoms with Crippen molar-refractivity contribution in [3.63, 3.8) is 0 Å². The van der Waals surface area contributed by atoms with Crippen LogP contribution in [0.15, 0.2) is 12.3 Å². The van der Waals surface area contributed by atoms with Gasteiger partial charge < -0.3 is 10.2 Å². The van der Waals surface area contributed by atoms with E-state index in [2.05, 4.69) is 10.4 Å². The van der Waals surface area contributed by atoms with Crippen LogP contribution in [0.3, 0.4) is 0 Å². The number of hydrogen-bond donors (Lipinski definition) is 1. The number of nitrogens with zero attached hydrogens (tertiary/aromatic N) is 3. The van der Waals surface area contributed by atoms with E-state index in [1.165, 1.54) is 12.8 Å². The van der Waals surface area contributed by atoms with Crippen molar-refractivity contribution in [2.24, 2.45) is 7.05 Å². The molecule has 2 amide bonds. The standard InChI is InChI=1S/C13H22N4O/c1-16-12(7-9-15-16)6-8-14-13(18)17-10-4-2-3-5-11-17/h7,9H,2-6,8,10-11H2,1H3,(H,14,18). The molecule has 0 saturated carbocycles. The Labute approximate surface area is 108 Å². The molecule has 0 bridgehead atoms. The van der Waals surface area contributed by atoms with Crippen LogP contribution in [0.25, 0.3) is 0 Å². The highest BCUT2D eigenvalue weighted by molar-refractivity contribution is 5.74. The lowest BCUT2D eigenvalue weighted by Crippen LogP contribution is -2.41. The molecule has 0 unspecified atom stereocenters. The molecular formula is C13H22N4O. The molecule has 2 rings (SSSR count). The number of nitrogens with one attached hydrogen (secondary N) is 1. The van der Waals surface area contributed by atoms with Crippen molar-refractivity contribution >= 4 is 6.03 Å². The molecule has 0 radical (unpaired) electrons. The fourth-order valence-corrected chi connectivity index (χ4v) is 2.33. The molecule has 1 N–H and O–H groups in total. The lowest BCUT2D eigenvalue weighted by Gasteiger charge is -2.20. The van der Waals surface area contributed by atoms with Crippen LogP contribution in [0.5, 0.6) is 0 Å². The second kappa shape index (κ2) is 6.42. The highest BCUT2D eigenvalue weighted by Gasteiger charge is 2.14. The quantitative estimate of drug-likeness (QED) is 0.885. The molecule has 1 saturated heterocycles. The van der Waals surface area contributed by atoms with Gasteiger partial charge >= 0.3 is 6.03 Å². The first-order valence-corrected chi connectivity index (χ1v) is 6.77. The average Bonchev–Trinajstić information content (AvgIpc) is 2.64. The van der Waals surface area contributed by atoms with Gasteiger partial charge in [-0.3, -0.25) is 4.68 Å². The van der Waals surface area contributed by atoms with E-state index < -0.39 is 0 Å². The number of urea groups is 1. The number of aryl methyl sites for hydroxylation is 1. The van der Waals surface area contributed by atoms with Gasteiger partial charge in [0.15, 0.2) is 0 Å². The second-order valence-electron chi connectivity index (χ2n) is 4.83. The lowest BCUT2D eigenvalue weighted by molar-refractivity contribution is 0.200. The Balaban J connectivity index is 1.72. The molecule has 0 aromatic carbocycles. The monoisotopic (exact) mass is 250 g/mol. The molecule has 1 aromatic rings.